The molecule has 0 bridgehead atoms. The van der Waals surface area contributed by atoms with Crippen molar-refractivity contribution in [2.75, 3.05) is 13.1 Å². The molecule has 1 N–H and O–H groups in total. The monoisotopic (exact) mass is 210 g/mol. The highest BCUT2D eigenvalue weighted by atomic mass is 15.2. The van der Waals surface area contributed by atoms with Crippen LogP contribution in [0.15, 0.2) is 0 Å². The number of likely N-dealkylation sites (tertiary alicyclic amines) is 1. The molecule has 2 saturated heterocycles. The van der Waals surface area contributed by atoms with Crippen LogP contribution in [0.25, 0.3) is 0 Å². The van der Waals surface area contributed by atoms with Crippen molar-refractivity contribution in [2.24, 2.45) is 5.92 Å². The second-order valence-electron chi connectivity index (χ2n) is 5.62. The van der Waals surface area contributed by atoms with E-state index in [1.807, 2.05) is 0 Å². The summed E-state index contributed by atoms with van der Waals surface area (Å²) in [6.45, 7) is 9.70. The van der Waals surface area contributed by atoms with E-state index in [0.717, 1.165) is 24.0 Å². The fourth-order valence-electron chi connectivity index (χ4n) is 3.27. The van der Waals surface area contributed by atoms with E-state index in [2.05, 4.69) is 31.0 Å². The number of nitrogens with one attached hydrogen (secondary N) is 1. The lowest BCUT2D eigenvalue weighted by Crippen LogP contribution is -2.47. The van der Waals surface area contributed by atoms with Crippen molar-refractivity contribution in [1.29, 1.82) is 0 Å². The quantitative estimate of drug-likeness (QED) is 0.752. The molecule has 0 amide bonds. The Labute approximate surface area is 94.4 Å². The summed E-state index contributed by atoms with van der Waals surface area (Å²) in [6.07, 6.45) is 5.60. The topological polar surface area (TPSA) is 15.3 Å². The maximum atomic E-state index is 3.56. The van der Waals surface area contributed by atoms with Crippen LogP contribution in [0.5, 0.6) is 0 Å². The lowest BCUT2D eigenvalue weighted by molar-refractivity contribution is 0.0822. The van der Waals surface area contributed by atoms with E-state index >= 15 is 0 Å². The molecular formula is C13H26N2. The van der Waals surface area contributed by atoms with E-state index in [1.165, 1.54) is 38.8 Å². The number of rotatable bonds is 2. The maximum Gasteiger partial charge on any atom is 0.00796 e. The number of hydrogen-bond donors (Lipinski definition) is 1. The summed E-state index contributed by atoms with van der Waals surface area (Å²) in [5.74, 6) is 0.882. The molecule has 88 valence electrons. The lowest BCUT2D eigenvalue weighted by atomic mass is 9.93. The van der Waals surface area contributed by atoms with Crippen LogP contribution in [0.3, 0.4) is 0 Å². The van der Waals surface area contributed by atoms with Crippen LogP contribution in [0.4, 0.5) is 0 Å². The smallest absolute Gasteiger partial charge is 0.00796 e. The molecular weight excluding hydrogens is 184 g/mol. The molecule has 0 saturated carbocycles. The molecule has 2 rings (SSSR count). The molecule has 2 aliphatic heterocycles. The summed E-state index contributed by atoms with van der Waals surface area (Å²) >= 11 is 0. The van der Waals surface area contributed by atoms with Gasteiger partial charge >= 0.3 is 0 Å². The molecule has 15 heavy (non-hydrogen) atoms. The highest BCUT2D eigenvalue weighted by molar-refractivity contribution is 4.87. The van der Waals surface area contributed by atoms with Gasteiger partial charge < -0.3 is 5.32 Å². The number of nitrogens with zero attached hydrogens (tertiary/aromatic N) is 1. The van der Waals surface area contributed by atoms with Gasteiger partial charge in [0.15, 0.2) is 0 Å². The van der Waals surface area contributed by atoms with Gasteiger partial charge in [0.25, 0.3) is 0 Å². The molecule has 0 aromatic rings. The molecule has 2 fully saturated rings. The van der Waals surface area contributed by atoms with E-state index in [1.54, 1.807) is 0 Å². The Morgan fingerprint density at radius 3 is 2.27 bits per heavy atom. The average molecular weight is 210 g/mol. The molecule has 2 heteroatoms. The first-order valence-corrected chi connectivity index (χ1v) is 6.67. The van der Waals surface area contributed by atoms with Crippen molar-refractivity contribution in [2.45, 2.75) is 64.6 Å². The van der Waals surface area contributed by atoms with Gasteiger partial charge in [-0.15, -0.1) is 0 Å². The van der Waals surface area contributed by atoms with Gasteiger partial charge in [-0.05, 0) is 52.5 Å². The first kappa shape index (κ1) is 11.4. The van der Waals surface area contributed by atoms with Crippen LogP contribution in [-0.2, 0) is 0 Å². The molecule has 0 aliphatic carbocycles. The largest absolute Gasteiger partial charge is 0.314 e. The summed E-state index contributed by atoms with van der Waals surface area (Å²) in [6, 6.07) is 2.34. The van der Waals surface area contributed by atoms with E-state index in [0.29, 0.717) is 0 Å². The van der Waals surface area contributed by atoms with Gasteiger partial charge in [-0.25, -0.2) is 0 Å². The van der Waals surface area contributed by atoms with Crippen LogP contribution in [0, 0.1) is 5.92 Å². The first-order chi connectivity index (χ1) is 7.18. The Balaban J connectivity index is 1.90. The van der Waals surface area contributed by atoms with E-state index in [9.17, 15) is 0 Å². The molecule has 0 aromatic heterocycles. The minimum absolute atomic E-state index is 0.728. The highest BCUT2D eigenvalue weighted by Gasteiger charge is 2.30. The van der Waals surface area contributed by atoms with Crippen LogP contribution in [-0.4, -0.2) is 36.1 Å². The summed E-state index contributed by atoms with van der Waals surface area (Å²) in [4.78, 5) is 2.75. The molecule has 0 aromatic carbocycles. The molecule has 2 unspecified atom stereocenters. The van der Waals surface area contributed by atoms with E-state index in [4.69, 9.17) is 0 Å². The van der Waals surface area contributed by atoms with Crippen molar-refractivity contribution in [1.82, 2.24) is 10.2 Å². The van der Waals surface area contributed by atoms with Crippen molar-refractivity contribution in [3.8, 4) is 0 Å². The summed E-state index contributed by atoms with van der Waals surface area (Å²) in [7, 11) is 0. The Bertz CT molecular complexity index is 195. The van der Waals surface area contributed by atoms with Crippen molar-refractivity contribution in [3.63, 3.8) is 0 Å². The summed E-state index contributed by atoms with van der Waals surface area (Å²) < 4.78 is 0. The van der Waals surface area contributed by atoms with E-state index < -0.39 is 0 Å². The van der Waals surface area contributed by atoms with Gasteiger partial charge in [-0.2, -0.15) is 0 Å². The standard InChI is InChI=1S/C13H26N2/c1-10-5-4-6-11(2)15(10)9-13-7-8-14-12(13)3/h10-14H,4-9H2,1-3H3/t10-,11+,12?,13?. The summed E-state index contributed by atoms with van der Waals surface area (Å²) in [5, 5.41) is 3.56. The minimum atomic E-state index is 0.728. The Morgan fingerprint density at radius 2 is 1.73 bits per heavy atom. The molecule has 2 nitrogen and oxygen atoms in total. The predicted octanol–water partition coefficient (Wildman–Crippen LogP) is 2.25. The highest BCUT2D eigenvalue weighted by Crippen LogP contribution is 2.26. The van der Waals surface area contributed by atoms with Gasteiger partial charge in [0.1, 0.15) is 0 Å². The second-order valence-corrected chi connectivity index (χ2v) is 5.62. The van der Waals surface area contributed by atoms with Gasteiger partial charge in [0, 0.05) is 24.7 Å². The van der Waals surface area contributed by atoms with E-state index in [-0.39, 0.29) is 0 Å². The second kappa shape index (κ2) is 4.84. The summed E-state index contributed by atoms with van der Waals surface area (Å²) in [5.41, 5.74) is 0. The Kier molecular flexibility index (Phi) is 3.68. The molecule has 2 aliphatic rings. The fourth-order valence-corrected chi connectivity index (χ4v) is 3.27. The zero-order chi connectivity index (χ0) is 10.8. The van der Waals surface area contributed by atoms with Crippen LogP contribution < -0.4 is 5.32 Å². The van der Waals surface area contributed by atoms with Crippen molar-refractivity contribution < 1.29 is 0 Å². The van der Waals surface area contributed by atoms with Gasteiger partial charge in [0.2, 0.25) is 0 Å². The molecule has 0 spiro atoms. The van der Waals surface area contributed by atoms with Gasteiger partial charge in [0.05, 0.1) is 0 Å². The number of piperidine rings is 1. The van der Waals surface area contributed by atoms with Crippen LogP contribution >= 0.6 is 0 Å². The Morgan fingerprint density at radius 1 is 1.07 bits per heavy atom. The van der Waals surface area contributed by atoms with Crippen molar-refractivity contribution in [3.05, 3.63) is 0 Å². The SMILES string of the molecule is CC1NCCC1CN1[C@H](C)CCC[C@@H]1C. The molecule has 2 heterocycles. The third-order valence-corrected chi connectivity index (χ3v) is 4.51. The number of hydrogen-bond acceptors (Lipinski definition) is 2. The third-order valence-electron chi connectivity index (χ3n) is 4.51. The first-order valence-electron chi connectivity index (χ1n) is 6.67. The zero-order valence-electron chi connectivity index (χ0n) is 10.5. The maximum absolute atomic E-state index is 3.56. The van der Waals surface area contributed by atoms with Gasteiger partial charge in [-0.1, -0.05) is 6.42 Å². The fraction of sp³-hybridized carbons (Fsp3) is 1.00. The van der Waals surface area contributed by atoms with Crippen LogP contribution in [0.1, 0.15) is 46.5 Å². The molecule has 0 radical (unpaired) electrons. The van der Waals surface area contributed by atoms with Crippen LogP contribution in [0.2, 0.25) is 0 Å². The Hall–Kier alpha value is -0.0800. The predicted molar refractivity (Wildman–Crippen MR) is 65.1 cm³/mol. The normalized spacial score (nSPS) is 43.4. The minimum Gasteiger partial charge on any atom is -0.314 e. The van der Waals surface area contributed by atoms with Crippen molar-refractivity contribution >= 4 is 0 Å². The third kappa shape index (κ3) is 2.54. The lowest BCUT2D eigenvalue weighted by Gasteiger charge is -2.41. The zero-order valence-corrected chi connectivity index (χ0v) is 10.5. The molecule has 4 atom stereocenters. The average Bonchev–Trinajstić information content (AvgIpc) is 2.58. The van der Waals surface area contributed by atoms with Gasteiger partial charge in [-0.3, -0.25) is 4.90 Å².